The van der Waals surface area contributed by atoms with Gasteiger partial charge in [-0.25, -0.2) is 4.98 Å². The second kappa shape index (κ2) is 10.9. The molecule has 3 aromatic carbocycles. The number of rotatable bonds is 10. The van der Waals surface area contributed by atoms with Crippen LogP contribution in [0, 0.1) is 0 Å². The zero-order valence-corrected chi connectivity index (χ0v) is 19.8. The largest absolute Gasteiger partial charge is 0.493 e. The number of para-hydroxylation sites is 3. The Labute approximate surface area is 203 Å². The van der Waals surface area contributed by atoms with Gasteiger partial charge in [0.15, 0.2) is 11.5 Å². The highest BCUT2D eigenvalue weighted by atomic mass is 35.5. The van der Waals surface area contributed by atoms with Gasteiger partial charge >= 0.3 is 0 Å². The number of fused-ring (bicyclic) bond motifs is 1. The van der Waals surface area contributed by atoms with Crippen molar-refractivity contribution in [3.8, 4) is 17.2 Å². The maximum absolute atomic E-state index is 12.9. The monoisotopic (exact) mass is 479 g/mol. The topological polar surface area (TPSA) is 74.6 Å². The molecule has 4 rings (SSSR count). The third-order valence-electron chi connectivity index (χ3n) is 5.21. The lowest BCUT2D eigenvalue weighted by atomic mass is 10.2. The number of imidazole rings is 1. The summed E-state index contributed by atoms with van der Waals surface area (Å²) in [4.78, 5) is 17.5. The van der Waals surface area contributed by atoms with Crippen LogP contribution in [0.25, 0.3) is 11.0 Å². The molecule has 7 nitrogen and oxygen atoms in total. The molecule has 0 aliphatic rings. The van der Waals surface area contributed by atoms with Gasteiger partial charge in [-0.2, -0.15) is 0 Å². The summed E-state index contributed by atoms with van der Waals surface area (Å²) in [5.74, 6) is 2.28. The van der Waals surface area contributed by atoms with Crippen molar-refractivity contribution in [2.24, 2.45) is 0 Å². The first-order chi connectivity index (χ1) is 16.6. The molecule has 0 spiro atoms. The summed E-state index contributed by atoms with van der Waals surface area (Å²) in [5, 5.41) is 3.39. The average Bonchev–Trinajstić information content (AvgIpc) is 3.20. The highest BCUT2D eigenvalue weighted by Crippen LogP contribution is 2.36. The molecule has 1 amide bonds. The number of nitrogens with one attached hydrogen (secondary N) is 1. The van der Waals surface area contributed by atoms with Crippen LogP contribution in [0.2, 0.25) is 5.02 Å². The summed E-state index contributed by atoms with van der Waals surface area (Å²) in [5.41, 5.74) is 2.49. The maximum atomic E-state index is 12.9. The van der Waals surface area contributed by atoms with Gasteiger partial charge in [-0.3, -0.25) is 4.79 Å². The van der Waals surface area contributed by atoms with Crippen molar-refractivity contribution in [3.63, 3.8) is 0 Å². The van der Waals surface area contributed by atoms with Crippen LogP contribution in [-0.2, 0) is 24.5 Å². The highest BCUT2D eigenvalue weighted by molar-refractivity contribution is 6.32. The normalized spacial score (nSPS) is 10.8. The van der Waals surface area contributed by atoms with Gasteiger partial charge in [0.1, 0.15) is 24.7 Å². The predicted octanol–water partition coefficient (Wildman–Crippen LogP) is 4.99. The molecule has 1 N–H and O–H groups in total. The fourth-order valence-electron chi connectivity index (χ4n) is 3.64. The van der Waals surface area contributed by atoms with Gasteiger partial charge in [-0.05, 0) is 48.9 Å². The van der Waals surface area contributed by atoms with Crippen molar-refractivity contribution in [1.29, 1.82) is 0 Å². The Morgan fingerprint density at radius 2 is 1.82 bits per heavy atom. The number of methoxy groups -OCH3 is 1. The quantitative estimate of drug-likeness (QED) is 0.347. The first kappa shape index (κ1) is 23.4. The van der Waals surface area contributed by atoms with Crippen molar-refractivity contribution in [3.05, 3.63) is 83.1 Å². The lowest BCUT2D eigenvalue weighted by molar-refractivity contribution is -0.121. The van der Waals surface area contributed by atoms with E-state index in [0.29, 0.717) is 35.5 Å². The fourth-order valence-corrected chi connectivity index (χ4v) is 3.92. The molecule has 0 radical (unpaired) electrons. The third kappa shape index (κ3) is 5.43. The summed E-state index contributed by atoms with van der Waals surface area (Å²) in [6.45, 7) is 3.00. The van der Waals surface area contributed by atoms with E-state index in [0.717, 1.165) is 22.3 Å². The van der Waals surface area contributed by atoms with Crippen LogP contribution in [0.4, 0.5) is 0 Å². The molecule has 0 saturated heterocycles. The molecule has 34 heavy (non-hydrogen) atoms. The lowest BCUT2D eigenvalue weighted by Gasteiger charge is -2.14. The fraction of sp³-hybridized carbons (Fsp3) is 0.231. The average molecular weight is 480 g/mol. The number of halogens is 1. The van der Waals surface area contributed by atoms with E-state index in [2.05, 4.69) is 10.3 Å². The zero-order valence-electron chi connectivity index (χ0n) is 19.1. The Bertz CT molecular complexity index is 1270. The van der Waals surface area contributed by atoms with Gasteiger partial charge in [-0.1, -0.05) is 41.9 Å². The molecular formula is C26H26ClN3O4. The molecule has 176 valence electrons. The van der Waals surface area contributed by atoms with Crippen molar-refractivity contribution in [1.82, 2.24) is 14.9 Å². The summed E-state index contributed by atoms with van der Waals surface area (Å²) in [7, 11) is 1.56. The molecule has 0 unspecified atom stereocenters. The standard InChI is InChI=1S/C26H26ClN3O4/c1-3-33-26-20(27)13-18(14-23(26)32-2)15-28-25(31)16-30-22-12-8-7-11-21(22)29-24(30)17-34-19-9-5-4-6-10-19/h4-14H,3,15-17H2,1-2H3,(H,28,31). The van der Waals surface area contributed by atoms with E-state index < -0.39 is 0 Å². The van der Waals surface area contributed by atoms with Crippen LogP contribution >= 0.6 is 11.6 Å². The van der Waals surface area contributed by atoms with E-state index >= 15 is 0 Å². The van der Waals surface area contributed by atoms with Crippen LogP contribution in [0.1, 0.15) is 18.3 Å². The zero-order chi connectivity index (χ0) is 23.9. The van der Waals surface area contributed by atoms with Crippen LogP contribution in [0.15, 0.2) is 66.7 Å². The predicted molar refractivity (Wildman–Crippen MR) is 132 cm³/mol. The molecule has 0 bridgehead atoms. The van der Waals surface area contributed by atoms with E-state index in [1.54, 1.807) is 13.2 Å². The Balaban J connectivity index is 1.48. The van der Waals surface area contributed by atoms with Gasteiger partial charge in [0.2, 0.25) is 5.91 Å². The minimum atomic E-state index is -0.159. The highest BCUT2D eigenvalue weighted by Gasteiger charge is 2.16. The van der Waals surface area contributed by atoms with E-state index in [4.69, 9.17) is 25.8 Å². The SMILES string of the molecule is CCOc1c(Cl)cc(CNC(=O)Cn2c(COc3ccccc3)nc3ccccc32)cc1OC. The molecule has 0 aliphatic carbocycles. The van der Waals surface area contributed by atoms with Crippen molar-refractivity contribution < 1.29 is 19.0 Å². The summed E-state index contributed by atoms with van der Waals surface area (Å²) >= 11 is 6.35. The van der Waals surface area contributed by atoms with Gasteiger partial charge in [0, 0.05) is 6.54 Å². The van der Waals surface area contributed by atoms with E-state index in [-0.39, 0.29) is 19.1 Å². The number of carbonyl (C=O) groups excluding carboxylic acids is 1. The Kier molecular flexibility index (Phi) is 7.54. The van der Waals surface area contributed by atoms with E-state index in [1.165, 1.54) is 0 Å². The lowest BCUT2D eigenvalue weighted by Crippen LogP contribution is -2.28. The number of hydrogen-bond acceptors (Lipinski definition) is 5. The van der Waals surface area contributed by atoms with E-state index in [1.807, 2.05) is 72.2 Å². The van der Waals surface area contributed by atoms with Gasteiger partial charge in [-0.15, -0.1) is 0 Å². The number of amides is 1. The van der Waals surface area contributed by atoms with Crippen molar-refractivity contribution in [2.75, 3.05) is 13.7 Å². The molecule has 0 fully saturated rings. The van der Waals surface area contributed by atoms with Gasteiger partial charge in [0.05, 0.1) is 29.8 Å². The second-order valence-corrected chi connectivity index (χ2v) is 7.93. The second-order valence-electron chi connectivity index (χ2n) is 7.52. The Hall–Kier alpha value is -3.71. The minimum Gasteiger partial charge on any atom is -0.493 e. The summed E-state index contributed by atoms with van der Waals surface area (Å²) < 4.78 is 18.7. The summed E-state index contributed by atoms with van der Waals surface area (Å²) in [6, 6.07) is 20.8. The molecule has 4 aromatic rings. The number of nitrogens with zero attached hydrogens (tertiary/aromatic N) is 2. The maximum Gasteiger partial charge on any atom is 0.240 e. The van der Waals surface area contributed by atoms with Crippen LogP contribution in [0.3, 0.4) is 0 Å². The number of aromatic nitrogens is 2. The Morgan fingerprint density at radius 3 is 2.59 bits per heavy atom. The molecule has 0 aliphatic heterocycles. The van der Waals surface area contributed by atoms with Crippen molar-refractivity contribution in [2.45, 2.75) is 26.6 Å². The number of carbonyl (C=O) groups is 1. The number of hydrogen-bond donors (Lipinski definition) is 1. The van der Waals surface area contributed by atoms with Crippen LogP contribution < -0.4 is 19.5 Å². The van der Waals surface area contributed by atoms with Crippen LogP contribution in [0.5, 0.6) is 17.2 Å². The smallest absolute Gasteiger partial charge is 0.240 e. The van der Waals surface area contributed by atoms with Crippen LogP contribution in [-0.4, -0.2) is 29.2 Å². The Morgan fingerprint density at radius 1 is 1.06 bits per heavy atom. The summed E-state index contributed by atoms with van der Waals surface area (Å²) in [6.07, 6.45) is 0. The van der Waals surface area contributed by atoms with Crippen molar-refractivity contribution >= 4 is 28.5 Å². The minimum absolute atomic E-state index is 0.107. The first-order valence-electron chi connectivity index (χ1n) is 11.0. The van der Waals surface area contributed by atoms with Gasteiger partial charge < -0.3 is 24.1 Å². The molecule has 8 heteroatoms. The molecule has 0 saturated carbocycles. The third-order valence-corrected chi connectivity index (χ3v) is 5.49. The molecule has 0 atom stereocenters. The number of benzene rings is 3. The van der Waals surface area contributed by atoms with E-state index in [9.17, 15) is 4.79 Å². The first-order valence-corrected chi connectivity index (χ1v) is 11.3. The van der Waals surface area contributed by atoms with Gasteiger partial charge in [0.25, 0.3) is 0 Å². The molecular weight excluding hydrogens is 454 g/mol. The molecule has 1 aromatic heterocycles. The molecule has 1 heterocycles. The number of ether oxygens (including phenoxy) is 3.